The third kappa shape index (κ3) is 3.36. The van der Waals surface area contributed by atoms with Crippen molar-refractivity contribution in [2.24, 2.45) is 0 Å². The van der Waals surface area contributed by atoms with Gasteiger partial charge in [-0.25, -0.2) is 14.6 Å². The fraction of sp³-hybridized carbons (Fsp3) is 0.0556. The van der Waals surface area contributed by atoms with Crippen molar-refractivity contribution in [3.63, 3.8) is 0 Å². The van der Waals surface area contributed by atoms with Gasteiger partial charge in [-0.15, -0.1) is 0 Å². The van der Waals surface area contributed by atoms with Crippen molar-refractivity contribution in [2.45, 2.75) is 6.42 Å². The van der Waals surface area contributed by atoms with Crippen LogP contribution in [0.5, 0.6) is 0 Å². The summed E-state index contributed by atoms with van der Waals surface area (Å²) in [6.45, 7) is 0. The van der Waals surface area contributed by atoms with E-state index in [1.54, 1.807) is 11.0 Å². The fourth-order valence-corrected chi connectivity index (χ4v) is 3.77. The molecule has 0 atom stereocenters. The first kappa shape index (κ1) is 16.8. The molecular formula is C18H11Cl2IN4. The Bertz CT molecular complexity index is 1050. The van der Waals surface area contributed by atoms with E-state index >= 15 is 0 Å². The van der Waals surface area contributed by atoms with Crippen molar-refractivity contribution < 1.29 is 0 Å². The van der Waals surface area contributed by atoms with Gasteiger partial charge in [0.25, 0.3) is 0 Å². The fourth-order valence-electron chi connectivity index (χ4n) is 2.67. The zero-order valence-corrected chi connectivity index (χ0v) is 16.5. The number of rotatable bonds is 3. The zero-order valence-electron chi connectivity index (χ0n) is 12.8. The van der Waals surface area contributed by atoms with E-state index in [-0.39, 0.29) is 0 Å². The number of pyridine rings is 1. The molecule has 124 valence electrons. The summed E-state index contributed by atoms with van der Waals surface area (Å²) in [4.78, 5) is 8.44. The lowest BCUT2D eigenvalue weighted by atomic mass is 10.0. The summed E-state index contributed by atoms with van der Waals surface area (Å²) in [6.07, 6.45) is 3.79. The second-order valence-electron chi connectivity index (χ2n) is 5.54. The number of fused-ring (bicyclic) bond motifs is 1. The molecule has 0 aliphatic heterocycles. The maximum atomic E-state index is 6.63. The van der Waals surface area contributed by atoms with Gasteiger partial charge < -0.3 is 0 Å². The Morgan fingerprint density at radius 2 is 1.84 bits per heavy atom. The van der Waals surface area contributed by atoms with Crippen LogP contribution < -0.4 is 0 Å². The van der Waals surface area contributed by atoms with E-state index in [0.29, 0.717) is 16.6 Å². The molecule has 0 aliphatic rings. The van der Waals surface area contributed by atoms with Gasteiger partial charge in [0.2, 0.25) is 0 Å². The van der Waals surface area contributed by atoms with Gasteiger partial charge in [-0.3, -0.25) is 0 Å². The molecule has 2 aromatic carbocycles. The van der Waals surface area contributed by atoms with E-state index in [2.05, 4.69) is 37.7 Å². The van der Waals surface area contributed by atoms with E-state index in [9.17, 15) is 0 Å². The van der Waals surface area contributed by atoms with Crippen molar-refractivity contribution in [1.29, 1.82) is 0 Å². The predicted molar refractivity (Wildman–Crippen MR) is 109 cm³/mol. The van der Waals surface area contributed by atoms with Crippen molar-refractivity contribution in [3.8, 4) is 5.69 Å². The van der Waals surface area contributed by atoms with Gasteiger partial charge in [0.05, 0.1) is 16.2 Å². The first-order valence-corrected chi connectivity index (χ1v) is 9.32. The third-order valence-electron chi connectivity index (χ3n) is 3.93. The minimum atomic E-state index is 0.444. The van der Waals surface area contributed by atoms with Gasteiger partial charge in [0.15, 0.2) is 0 Å². The molecule has 0 aliphatic carbocycles. The molecule has 0 bridgehead atoms. The quantitative estimate of drug-likeness (QED) is 0.294. The average Bonchev–Trinajstić information content (AvgIpc) is 3.15. The van der Waals surface area contributed by atoms with Gasteiger partial charge in [-0.2, -0.15) is 5.10 Å². The summed E-state index contributed by atoms with van der Waals surface area (Å²) in [7, 11) is 0. The molecule has 25 heavy (non-hydrogen) atoms. The van der Waals surface area contributed by atoms with E-state index in [1.807, 2.05) is 42.5 Å². The normalized spacial score (nSPS) is 11.2. The molecule has 0 radical (unpaired) electrons. The van der Waals surface area contributed by atoms with Crippen LogP contribution >= 0.6 is 45.8 Å². The Morgan fingerprint density at radius 3 is 2.56 bits per heavy atom. The van der Waals surface area contributed by atoms with Crippen LogP contribution in [0.4, 0.5) is 0 Å². The van der Waals surface area contributed by atoms with Crippen LogP contribution in [0.2, 0.25) is 10.2 Å². The number of hydrogen-bond donors (Lipinski definition) is 0. The molecule has 0 amide bonds. The highest BCUT2D eigenvalue weighted by molar-refractivity contribution is 14.1. The molecule has 4 aromatic rings. The second-order valence-corrected chi connectivity index (χ2v) is 7.52. The number of aromatic nitrogens is 4. The summed E-state index contributed by atoms with van der Waals surface area (Å²) in [5.41, 5.74) is 3.69. The maximum Gasteiger partial charge on any atom is 0.138 e. The van der Waals surface area contributed by atoms with Crippen LogP contribution in [0, 0.1) is 3.57 Å². The van der Waals surface area contributed by atoms with Crippen LogP contribution in [-0.2, 0) is 6.42 Å². The average molecular weight is 481 g/mol. The van der Waals surface area contributed by atoms with Gasteiger partial charge in [0, 0.05) is 20.9 Å². The number of nitrogens with zero attached hydrogens (tertiary/aromatic N) is 4. The molecule has 0 N–H and O–H groups in total. The van der Waals surface area contributed by atoms with Crippen molar-refractivity contribution in [1.82, 2.24) is 19.7 Å². The minimum absolute atomic E-state index is 0.444. The first-order chi connectivity index (χ1) is 12.1. The lowest BCUT2D eigenvalue weighted by Crippen LogP contribution is -1.97. The van der Waals surface area contributed by atoms with Gasteiger partial charge in [-0.1, -0.05) is 35.3 Å². The number of halogens is 3. The molecular weight excluding hydrogens is 470 g/mol. The van der Waals surface area contributed by atoms with Crippen LogP contribution in [0.3, 0.4) is 0 Å². The molecule has 0 saturated carbocycles. The van der Waals surface area contributed by atoms with E-state index < -0.39 is 0 Å². The minimum Gasteiger partial charge on any atom is -0.236 e. The Balaban J connectivity index is 1.70. The van der Waals surface area contributed by atoms with Gasteiger partial charge in [-0.05, 0) is 58.5 Å². The first-order valence-electron chi connectivity index (χ1n) is 7.49. The lowest BCUT2D eigenvalue weighted by Gasteiger charge is -2.11. The monoisotopic (exact) mass is 480 g/mol. The van der Waals surface area contributed by atoms with Crippen LogP contribution in [0.1, 0.15) is 11.1 Å². The summed E-state index contributed by atoms with van der Waals surface area (Å²) in [5, 5.41) is 6.15. The van der Waals surface area contributed by atoms with Crippen molar-refractivity contribution in [3.05, 3.63) is 80.0 Å². The molecule has 2 heterocycles. The highest BCUT2D eigenvalue weighted by Crippen LogP contribution is 2.33. The maximum absolute atomic E-state index is 6.63. The van der Waals surface area contributed by atoms with E-state index in [4.69, 9.17) is 23.2 Å². The van der Waals surface area contributed by atoms with Crippen molar-refractivity contribution in [2.75, 3.05) is 0 Å². The summed E-state index contributed by atoms with van der Waals surface area (Å²) >= 11 is 15.3. The smallest absolute Gasteiger partial charge is 0.138 e. The largest absolute Gasteiger partial charge is 0.236 e. The van der Waals surface area contributed by atoms with Gasteiger partial charge >= 0.3 is 0 Å². The summed E-state index contributed by atoms with van der Waals surface area (Å²) < 4.78 is 2.82. The van der Waals surface area contributed by atoms with Crippen molar-refractivity contribution >= 4 is 56.7 Å². The Morgan fingerprint density at radius 1 is 1.04 bits per heavy atom. The number of benzene rings is 2. The molecule has 0 unspecified atom stereocenters. The van der Waals surface area contributed by atoms with E-state index in [0.717, 1.165) is 31.3 Å². The molecule has 2 aromatic heterocycles. The molecule has 0 spiro atoms. The topological polar surface area (TPSA) is 43.6 Å². The molecule has 7 heteroatoms. The van der Waals surface area contributed by atoms with Crippen LogP contribution in [0.15, 0.2) is 55.1 Å². The lowest BCUT2D eigenvalue weighted by molar-refractivity contribution is 0.878. The molecule has 0 fully saturated rings. The predicted octanol–water partition coefficient (Wildman–Crippen LogP) is 5.32. The molecule has 0 saturated heterocycles. The van der Waals surface area contributed by atoms with Gasteiger partial charge in [0.1, 0.15) is 17.8 Å². The number of hydrogen-bond acceptors (Lipinski definition) is 3. The molecule has 4 rings (SSSR count). The Hall–Kier alpha value is -1.70. The summed E-state index contributed by atoms with van der Waals surface area (Å²) in [5.74, 6) is 0. The highest BCUT2D eigenvalue weighted by Gasteiger charge is 2.13. The SMILES string of the molecule is Clc1nc2ccc(I)cc2c(Cl)c1Cc1ccc(-n2cncn2)cc1. The Labute approximate surface area is 168 Å². The van der Waals surface area contributed by atoms with E-state index in [1.165, 1.54) is 6.33 Å². The summed E-state index contributed by atoms with van der Waals surface area (Å²) in [6, 6.07) is 14.0. The zero-order chi connectivity index (χ0) is 17.4. The van der Waals surface area contributed by atoms with Crippen LogP contribution in [0.25, 0.3) is 16.6 Å². The third-order valence-corrected chi connectivity index (χ3v) is 5.34. The second kappa shape index (κ2) is 6.90. The highest BCUT2D eigenvalue weighted by atomic mass is 127. The molecule has 4 nitrogen and oxygen atoms in total. The van der Waals surface area contributed by atoms with Crippen LogP contribution in [-0.4, -0.2) is 19.7 Å². The Kier molecular flexibility index (Phi) is 4.62. The standard InChI is InChI=1S/C18H11Cl2IN4/c19-17-14-8-12(21)3-6-16(14)24-18(20)15(17)7-11-1-4-13(5-2-11)25-10-22-9-23-25/h1-6,8-10H,7H2.